The number of aryl methyl sites for hydroxylation is 2. The summed E-state index contributed by atoms with van der Waals surface area (Å²) in [5, 5.41) is 0.964. The topological polar surface area (TPSA) is 39.2 Å². The molecular weight excluding hydrogens is 202 g/mol. The monoisotopic (exact) mass is 215 g/mol. The van der Waals surface area contributed by atoms with Gasteiger partial charge in [-0.25, -0.2) is 4.79 Å². The Labute approximate surface area is 94.1 Å². The summed E-state index contributed by atoms with van der Waals surface area (Å²) in [5.41, 5.74) is 3.28. The number of methoxy groups -OCH3 is 1. The van der Waals surface area contributed by atoms with Crippen molar-refractivity contribution in [3.8, 4) is 0 Å². The number of aromatic nitrogens is 1. The summed E-state index contributed by atoms with van der Waals surface area (Å²) in [6.45, 7) is 3.82. The van der Waals surface area contributed by atoms with Crippen LogP contribution in [0.15, 0.2) is 24.3 Å². The summed E-state index contributed by atoms with van der Waals surface area (Å²) in [5.74, 6) is -0.339. The van der Waals surface area contributed by atoms with Gasteiger partial charge in [-0.2, -0.15) is 0 Å². The first-order valence-corrected chi connectivity index (χ1v) is 5.09. The van der Waals surface area contributed by atoms with E-state index < -0.39 is 0 Å². The molecule has 0 aliphatic heterocycles. The third-order valence-electron chi connectivity index (χ3n) is 2.64. The zero-order chi connectivity index (χ0) is 11.7. The first-order valence-electron chi connectivity index (χ1n) is 5.09. The van der Waals surface area contributed by atoms with Gasteiger partial charge in [0.15, 0.2) is 0 Å². The largest absolute Gasteiger partial charge is 0.465 e. The van der Waals surface area contributed by atoms with E-state index in [1.54, 1.807) is 0 Å². The van der Waals surface area contributed by atoms with Gasteiger partial charge in [0.25, 0.3) is 0 Å². The van der Waals surface area contributed by atoms with E-state index in [4.69, 9.17) is 4.74 Å². The Balaban J connectivity index is 2.72. The first kappa shape index (κ1) is 10.6. The van der Waals surface area contributed by atoms with E-state index in [0.717, 1.165) is 16.5 Å². The third kappa shape index (κ3) is 1.65. The highest BCUT2D eigenvalue weighted by atomic mass is 16.5. The van der Waals surface area contributed by atoms with Crippen LogP contribution in [0.25, 0.3) is 10.9 Å². The fraction of sp³-hybridized carbons (Fsp3) is 0.231. The summed E-state index contributed by atoms with van der Waals surface area (Å²) >= 11 is 0. The van der Waals surface area contributed by atoms with Crippen LogP contribution in [0.2, 0.25) is 0 Å². The zero-order valence-electron chi connectivity index (χ0n) is 9.57. The quantitative estimate of drug-likeness (QED) is 0.686. The number of ether oxygens (including phenoxy) is 1. The van der Waals surface area contributed by atoms with Crippen molar-refractivity contribution in [2.75, 3.05) is 7.11 Å². The molecule has 0 fully saturated rings. The van der Waals surface area contributed by atoms with E-state index in [9.17, 15) is 4.79 Å². The second-order valence-corrected chi connectivity index (χ2v) is 3.76. The van der Waals surface area contributed by atoms with E-state index in [1.807, 2.05) is 38.1 Å². The highest BCUT2D eigenvalue weighted by molar-refractivity contribution is 5.95. The van der Waals surface area contributed by atoms with Crippen LogP contribution in [0.1, 0.15) is 21.6 Å². The average molecular weight is 215 g/mol. The molecule has 1 heterocycles. The number of para-hydroxylation sites is 1. The number of benzene rings is 1. The van der Waals surface area contributed by atoms with Crippen LogP contribution in [0.5, 0.6) is 0 Å². The Kier molecular flexibility index (Phi) is 2.60. The Morgan fingerprint density at radius 1 is 1.31 bits per heavy atom. The molecule has 0 radical (unpaired) electrons. The summed E-state index contributed by atoms with van der Waals surface area (Å²) in [6, 6.07) is 7.74. The average Bonchev–Trinajstić information content (AvgIpc) is 2.29. The normalized spacial score (nSPS) is 10.4. The molecule has 0 spiro atoms. The van der Waals surface area contributed by atoms with Gasteiger partial charge in [0.1, 0.15) is 0 Å². The standard InChI is InChI=1S/C13H13NO2/c1-8-5-4-6-10-7-11(13(15)16-3)9(2)14-12(8)10/h4-7H,1-3H3. The molecule has 0 aliphatic carbocycles. The lowest BCUT2D eigenvalue weighted by atomic mass is 10.1. The molecule has 0 N–H and O–H groups in total. The predicted molar refractivity (Wildman–Crippen MR) is 62.6 cm³/mol. The van der Waals surface area contributed by atoms with Crippen LogP contribution in [0.3, 0.4) is 0 Å². The van der Waals surface area contributed by atoms with Crippen molar-refractivity contribution in [2.45, 2.75) is 13.8 Å². The summed E-state index contributed by atoms with van der Waals surface area (Å²) in [6.07, 6.45) is 0. The van der Waals surface area contributed by atoms with E-state index >= 15 is 0 Å². The minimum absolute atomic E-state index is 0.339. The maximum Gasteiger partial charge on any atom is 0.339 e. The predicted octanol–water partition coefficient (Wildman–Crippen LogP) is 2.64. The number of nitrogens with zero attached hydrogens (tertiary/aromatic N) is 1. The molecule has 1 aromatic heterocycles. The van der Waals surface area contributed by atoms with Crippen molar-refractivity contribution in [1.29, 1.82) is 0 Å². The van der Waals surface area contributed by atoms with Crippen LogP contribution in [-0.2, 0) is 4.74 Å². The van der Waals surface area contributed by atoms with Crippen molar-refractivity contribution < 1.29 is 9.53 Å². The molecule has 3 heteroatoms. The number of carbonyl (C=O) groups is 1. The van der Waals surface area contributed by atoms with Gasteiger partial charge in [-0.05, 0) is 25.5 Å². The maximum atomic E-state index is 11.5. The second-order valence-electron chi connectivity index (χ2n) is 3.76. The van der Waals surface area contributed by atoms with Gasteiger partial charge in [0.2, 0.25) is 0 Å². The van der Waals surface area contributed by atoms with Crippen LogP contribution in [0, 0.1) is 13.8 Å². The fourth-order valence-electron chi connectivity index (χ4n) is 1.76. The van der Waals surface area contributed by atoms with E-state index in [1.165, 1.54) is 7.11 Å². The number of rotatable bonds is 1. The molecule has 1 aromatic carbocycles. The first-order chi connectivity index (χ1) is 7.63. The van der Waals surface area contributed by atoms with Crippen LogP contribution in [-0.4, -0.2) is 18.1 Å². The molecule has 16 heavy (non-hydrogen) atoms. The van der Waals surface area contributed by atoms with Crippen LogP contribution < -0.4 is 0 Å². The van der Waals surface area contributed by atoms with Gasteiger partial charge in [0, 0.05) is 5.39 Å². The van der Waals surface area contributed by atoms with Crippen molar-refractivity contribution >= 4 is 16.9 Å². The fourth-order valence-corrected chi connectivity index (χ4v) is 1.76. The van der Waals surface area contributed by atoms with Crippen LogP contribution in [0.4, 0.5) is 0 Å². The molecule has 0 saturated carbocycles. The number of fused-ring (bicyclic) bond motifs is 1. The third-order valence-corrected chi connectivity index (χ3v) is 2.64. The van der Waals surface area contributed by atoms with E-state index in [0.29, 0.717) is 11.3 Å². The second kappa shape index (κ2) is 3.93. The van der Waals surface area contributed by atoms with Gasteiger partial charge in [0.05, 0.1) is 23.9 Å². The molecular formula is C13H13NO2. The summed E-state index contributed by atoms with van der Waals surface area (Å²) in [4.78, 5) is 15.9. The molecule has 0 unspecified atom stereocenters. The van der Waals surface area contributed by atoms with Crippen molar-refractivity contribution in [3.63, 3.8) is 0 Å². The SMILES string of the molecule is COC(=O)c1cc2cccc(C)c2nc1C. The minimum atomic E-state index is -0.339. The highest BCUT2D eigenvalue weighted by Gasteiger charge is 2.12. The number of hydrogen-bond donors (Lipinski definition) is 0. The lowest BCUT2D eigenvalue weighted by Crippen LogP contribution is -2.05. The number of pyridine rings is 1. The molecule has 2 aromatic rings. The zero-order valence-corrected chi connectivity index (χ0v) is 9.57. The summed E-state index contributed by atoms with van der Waals surface area (Å²) < 4.78 is 4.72. The number of esters is 1. The van der Waals surface area contributed by atoms with Gasteiger partial charge < -0.3 is 4.74 Å². The van der Waals surface area contributed by atoms with Gasteiger partial charge in [-0.1, -0.05) is 18.2 Å². The van der Waals surface area contributed by atoms with Gasteiger partial charge in [-0.15, -0.1) is 0 Å². The van der Waals surface area contributed by atoms with Gasteiger partial charge in [-0.3, -0.25) is 4.98 Å². The lowest BCUT2D eigenvalue weighted by Gasteiger charge is -2.07. The minimum Gasteiger partial charge on any atom is -0.465 e. The highest BCUT2D eigenvalue weighted by Crippen LogP contribution is 2.19. The van der Waals surface area contributed by atoms with Gasteiger partial charge >= 0.3 is 5.97 Å². The Morgan fingerprint density at radius 2 is 2.06 bits per heavy atom. The molecule has 0 saturated heterocycles. The maximum absolute atomic E-state index is 11.5. The molecule has 0 aliphatic rings. The molecule has 0 bridgehead atoms. The Hall–Kier alpha value is -1.90. The molecule has 2 rings (SSSR count). The number of carbonyl (C=O) groups excluding carboxylic acids is 1. The molecule has 82 valence electrons. The summed E-state index contributed by atoms with van der Waals surface area (Å²) in [7, 11) is 1.38. The molecule has 0 atom stereocenters. The smallest absolute Gasteiger partial charge is 0.339 e. The van der Waals surface area contributed by atoms with Crippen molar-refractivity contribution in [2.24, 2.45) is 0 Å². The van der Waals surface area contributed by atoms with E-state index in [2.05, 4.69) is 4.98 Å². The Bertz CT molecular complexity index is 561. The van der Waals surface area contributed by atoms with Crippen LogP contribution >= 0.6 is 0 Å². The molecule has 3 nitrogen and oxygen atoms in total. The van der Waals surface area contributed by atoms with Crippen molar-refractivity contribution in [1.82, 2.24) is 4.98 Å². The number of hydrogen-bond acceptors (Lipinski definition) is 3. The lowest BCUT2D eigenvalue weighted by molar-refractivity contribution is 0.0599. The van der Waals surface area contributed by atoms with E-state index in [-0.39, 0.29) is 5.97 Å². The Morgan fingerprint density at radius 3 is 2.75 bits per heavy atom. The molecule has 0 amide bonds. The van der Waals surface area contributed by atoms with Crippen molar-refractivity contribution in [3.05, 3.63) is 41.1 Å².